The number of nitrogens with one attached hydrogen (secondary N) is 2. The molecule has 2 aromatic rings. The Hall–Kier alpha value is -2.01. The predicted octanol–water partition coefficient (Wildman–Crippen LogP) is 3.49. The Morgan fingerprint density at radius 3 is 2.79 bits per heavy atom. The Morgan fingerprint density at radius 2 is 2.12 bits per heavy atom. The second-order valence-electron chi connectivity index (χ2n) is 5.94. The fourth-order valence-corrected chi connectivity index (χ4v) is 3.53. The molecule has 1 unspecified atom stereocenters. The summed E-state index contributed by atoms with van der Waals surface area (Å²) in [6.07, 6.45) is 1.80. The summed E-state index contributed by atoms with van der Waals surface area (Å²) in [5.74, 6) is 1.15. The van der Waals surface area contributed by atoms with E-state index < -0.39 is 0 Å². The van der Waals surface area contributed by atoms with Crippen LogP contribution in [0, 0.1) is 6.92 Å². The number of phenolic OH excluding ortho intramolecular Hbond substituents is 1. The van der Waals surface area contributed by atoms with Crippen LogP contribution < -0.4 is 10.6 Å². The van der Waals surface area contributed by atoms with Gasteiger partial charge in [0.1, 0.15) is 5.75 Å². The lowest BCUT2D eigenvalue weighted by atomic mass is 10.1. The molecule has 2 rings (SSSR count). The summed E-state index contributed by atoms with van der Waals surface area (Å²) in [6.45, 7) is 7.91. The van der Waals surface area contributed by atoms with Crippen LogP contribution in [0.5, 0.6) is 5.75 Å². The summed E-state index contributed by atoms with van der Waals surface area (Å²) in [5.41, 5.74) is 1.09. The normalized spacial score (nSPS) is 12.9. The smallest absolute Gasteiger partial charge is 0.191 e. The lowest BCUT2D eigenvalue weighted by molar-refractivity contribution is 0.474. The molecule has 0 spiro atoms. The summed E-state index contributed by atoms with van der Waals surface area (Å²) in [7, 11) is 0. The van der Waals surface area contributed by atoms with Gasteiger partial charge in [-0.3, -0.25) is 4.99 Å². The van der Waals surface area contributed by atoms with Crippen LogP contribution in [0.4, 0.5) is 0 Å². The van der Waals surface area contributed by atoms with Gasteiger partial charge in [0, 0.05) is 35.3 Å². The Kier molecular flexibility index (Phi) is 7.12. The van der Waals surface area contributed by atoms with E-state index in [-0.39, 0.29) is 0 Å². The zero-order valence-electron chi connectivity index (χ0n) is 14.7. The fraction of sp³-hybridized carbons (Fsp3) is 0.421. The number of nitrogens with zero attached hydrogens (tertiary/aromatic N) is 1. The number of aromatic hydroxyl groups is 1. The van der Waals surface area contributed by atoms with Gasteiger partial charge in [0.05, 0.1) is 0 Å². The third kappa shape index (κ3) is 6.24. The van der Waals surface area contributed by atoms with Crippen LogP contribution in [0.25, 0.3) is 0 Å². The highest BCUT2D eigenvalue weighted by Gasteiger charge is 2.07. The van der Waals surface area contributed by atoms with Gasteiger partial charge < -0.3 is 15.7 Å². The van der Waals surface area contributed by atoms with Gasteiger partial charge in [-0.05, 0) is 57.0 Å². The van der Waals surface area contributed by atoms with Gasteiger partial charge in [0.2, 0.25) is 0 Å². The van der Waals surface area contributed by atoms with Crippen molar-refractivity contribution >= 4 is 17.3 Å². The first-order valence-electron chi connectivity index (χ1n) is 8.45. The average molecular weight is 346 g/mol. The number of phenols is 1. The van der Waals surface area contributed by atoms with Crippen molar-refractivity contribution in [2.75, 3.05) is 13.1 Å². The van der Waals surface area contributed by atoms with E-state index in [4.69, 9.17) is 0 Å². The molecule has 1 heterocycles. The highest BCUT2D eigenvalue weighted by molar-refractivity contribution is 7.11. The molecule has 0 saturated heterocycles. The SMILES string of the molecule is CCNC(=NCCc1cccc(O)c1)NC(C)Cc1ccc(C)s1. The molecule has 0 aliphatic heterocycles. The second kappa shape index (κ2) is 9.33. The minimum Gasteiger partial charge on any atom is -0.508 e. The molecular formula is C19H27N3OS. The molecular weight excluding hydrogens is 318 g/mol. The Labute approximate surface area is 148 Å². The van der Waals surface area contributed by atoms with Crippen LogP contribution in [-0.4, -0.2) is 30.2 Å². The molecule has 3 N–H and O–H groups in total. The first kappa shape index (κ1) is 18.3. The van der Waals surface area contributed by atoms with E-state index >= 15 is 0 Å². The third-order valence-corrected chi connectivity index (χ3v) is 4.63. The van der Waals surface area contributed by atoms with Gasteiger partial charge in [0.25, 0.3) is 0 Å². The number of thiophene rings is 1. The van der Waals surface area contributed by atoms with E-state index in [1.165, 1.54) is 9.75 Å². The van der Waals surface area contributed by atoms with E-state index in [9.17, 15) is 5.11 Å². The number of hydrogen-bond acceptors (Lipinski definition) is 3. The monoisotopic (exact) mass is 345 g/mol. The maximum Gasteiger partial charge on any atom is 0.191 e. The van der Waals surface area contributed by atoms with Gasteiger partial charge in [-0.15, -0.1) is 11.3 Å². The Bertz CT molecular complexity index is 666. The topological polar surface area (TPSA) is 56.7 Å². The molecule has 1 aromatic heterocycles. The fourth-order valence-electron chi connectivity index (χ4n) is 2.51. The summed E-state index contributed by atoms with van der Waals surface area (Å²) in [4.78, 5) is 7.38. The maximum atomic E-state index is 9.51. The minimum absolute atomic E-state index is 0.307. The van der Waals surface area contributed by atoms with Gasteiger partial charge >= 0.3 is 0 Å². The number of rotatable bonds is 7. The largest absolute Gasteiger partial charge is 0.508 e. The molecule has 130 valence electrons. The van der Waals surface area contributed by atoms with Crippen molar-refractivity contribution in [3.63, 3.8) is 0 Å². The highest BCUT2D eigenvalue weighted by Crippen LogP contribution is 2.16. The van der Waals surface area contributed by atoms with E-state index in [2.05, 4.69) is 48.5 Å². The number of guanidine groups is 1. The first-order valence-corrected chi connectivity index (χ1v) is 9.26. The van der Waals surface area contributed by atoms with Gasteiger partial charge in [-0.2, -0.15) is 0 Å². The van der Waals surface area contributed by atoms with Crippen LogP contribution in [0.2, 0.25) is 0 Å². The molecule has 0 bridgehead atoms. The summed E-state index contributed by atoms with van der Waals surface area (Å²) in [6, 6.07) is 12.0. The summed E-state index contributed by atoms with van der Waals surface area (Å²) in [5, 5.41) is 16.3. The van der Waals surface area contributed by atoms with E-state index in [0.717, 1.165) is 30.9 Å². The van der Waals surface area contributed by atoms with Crippen LogP contribution in [0.3, 0.4) is 0 Å². The third-order valence-electron chi connectivity index (χ3n) is 3.61. The van der Waals surface area contributed by atoms with Crippen molar-refractivity contribution in [1.29, 1.82) is 0 Å². The van der Waals surface area contributed by atoms with Gasteiger partial charge in [0.15, 0.2) is 5.96 Å². The van der Waals surface area contributed by atoms with Crippen LogP contribution in [0.1, 0.15) is 29.2 Å². The van der Waals surface area contributed by atoms with Crippen molar-refractivity contribution in [2.45, 2.75) is 39.7 Å². The first-order chi connectivity index (χ1) is 11.6. The standard InChI is InChI=1S/C19H27N3OS/c1-4-20-19(21-11-10-16-6-5-7-17(23)13-16)22-14(2)12-18-9-8-15(3)24-18/h5-9,13-14,23H,4,10-12H2,1-3H3,(H2,20,21,22). The molecule has 5 heteroatoms. The number of benzene rings is 1. The summed E-state index contributed by atoms with van der Waals surface area (Å²) < 4.78 is 0. The molecule has 0 fully saturated rings. The lowest BCUT2D eigenvalue weighted by Crippen LogP contribution is -2.43. The molecule has 0 amide bonds. The highest BCUT2D eigenvalue weighted by atomic mass is 32.1. The number of hydrogen-bond donors (Lipinski definition) is 3. The molecule has 0 saturated carbocycles. The molecule has 1 aromatic carbocycles. The Balaban J connectivity index is 1.87. The molecule has 24 heavy (non-hydrogen) atoms. The van der Waals surface area contributed by atoms with E-state index in [1.54, 1.807) is 12.1 Å². The molecule has 0 aliphatic rings. The van der Waals surface area contributed by atoms with Crippen LogP contribution in [-0.2, 0) is 12.8 Å². The second-order valence-corrected chi connectivity index (χ2v) is 7.31. The molecule has 0 radical (unpaired) electrons. The van der Waals surface area contributed by atoms with Crippen molar-refractivity contribution in [2.24, 2.45) is 4.99 Å². The summed E-state index contributed by atoms with van der Waals surface area (Å²) >= 11 is 1.85. The van der Waals surface area contributed by atoms with E-state index in [1.807, 2.05) is 23.5 Å². The molecule has 0 aliphatic carbocycles. The van der Waals surface area contributed by atoms with Gasteiger partial charge in [-0.1, -0.05) is 12.1 Å². The quantitative estimate of drug-likeness (QED) is 0.532. The molecule has 1 atom stereocenters. The Morgan fingerprint density at radius 1 is 1.29 bits per heavy atom. The van der Waals surface area contributed by atoms with E-state index in [0.29, 0.717) is 18.3 Å². The van der Waals surface area contributed by atoms with Crippen LogP contribution >= 0.6 is 11.3 Å². The average Bonchev–Trinajstić information content (AvgIpc) is 2.92. The van der Waals surface area contributed by atoms with Crippen molar-refractivity contribution in [3.8, 4) is 5.75 Å². The van der Waals surface area contributed by atoms with Crippen LogP contribution in [0.15, 0.2) is 41.4 Å². The van der Waals surface area contributed by atoms with Gasteiger partial charge in [-0.25, -0.2) is 0 Å². The maximum absolute atomic E-state index is 9.51. The zero-order chi connectivity index (χ0) is 17.4. The predicted molar refractivity (Wildman–Crippen MR) is 103 cm³/mol. The minimum atomic E-state index is 0.307. The zero-order valence-corrected chi connectivity index (χ0v) is 15.5. The number of aryl methyl sites for hydroxylation is 1. The van der Waals surface area contributed by atoms with Crippen molar-refractivity contribution in [1.82, 2.24) is 10.6 Å². The lowest BCUT2D eigenvalue weighted by Gasteiger charge is -2.17. The molecule has 4 nitrogen and oxygen atoms in total. The van der Waals surface area contributed by atoms with Crippen molar-refractivity contribution < 1.29 is 5.11 Å². The number of aliphatic imine (C=N–C) groups is 1. The van der Waals surface area contributed by atoms with Crippen molar-refractivity contribution in [3.05, 3.63) is 51.7 Å².